The maximum atomic E-state index is 12.7. The molecule has 0 radical (unpaired) electrons. The van der Waals surface area contributed by atoms with Crippen molar-refractivity contribution in [2.45, 2.75) is 11.1 Å². The molecule has 0 atom stereocenters. The summed E-state index contributed by atoms with van der Waals surface area (Å²) < 4.78 is 63.9. The van der Waals surface area contributed by atoms with Crippen LogP contribution in [-0.4, -0.2) is 29.7 Å². The number of anilines is 1. The van der Waals surface area contributed by atoms with Gasteiger partial charge in [0.25, 0.3) is 10.0 Å². The van der Waals surface area contributed by atoms with Gasteiger partial charge < -0.3 is 5.11 Å². The number of carboxylic acids is 1. The lowest BCUT2D eigenvalue weighted by Gasteiger charge is -2.12. The van der Waals surface area contributed by atoms with E-state index in [0.717, 1.165) is 18.5 Å². The molecule has 0 aliphatic heterocycles. The number of aromatic carboxylic acids is 1. The molecular formula is C11H8F3N3O4S. The van der Waals surface area contributed by atoms with Gasteiger partial charge in [-0.3, -0.25) is 9.82 Å². The molecule has 0 fully saturated rings. The number of carboxylic acid groups (broad SMARTS) is 1. The predicted octanol–water partition coefficient (Wildman–Crippen LogP) is 1.93. The molecular weight excluding hydrogens is 327 g/mol. The van der Waals surface area contributed by atoms with Crippen LogP contribution in [0.25, 0.3) is 0 Å². The van der Waals surface area contributed by atoms with Gasteiger partial charge in [0, 0.05) is 6.20 Å². The van der Waals surface area contributed by atoms with Crippen LogP contribution in [-0.2, 0) is 16.2 Å². The van der Waals surface area contributed by atoms with Crippen molar-refractivity contribution >= 4 is 21.7 Å². The number of carbonyl (C=O) groups is 1. The van der Waals surface area contributed by atoms with E-state index in [4.69, 9.17) is 5.11 Å². The average molecular weight is 335 g/mol. The highest BCUT2D eigenvalue weighted by atomic mass is 32.2. The lowest BCUT2D eigenvalue weighted by Crippen LogP contribution is -2.15. The van der Waals surface area contributed by atoms with Gasteiger partial charge in [-0.1, -0.05) is 0 Å². The number of sulfonamides is 1. The first-order valence-electron chi connectivity index (χ1n) is 5.57. The average Bonchev–Trinajstić information content (AvgIpc) is 2.91. The Balaban J connectivity index is 2.47. The summed E-state index contributed by atoms with van der Waals surface area (Å²) in [6.45, 7) is 0. The fourth-order valence-electron chi connectivity index (χ4n) is 1.57. The molecule has 11 heteroatoms. The Labute approximate surface area is 121 Å². The maximum Gasteiger partial charge on any atom is 0.416 e. The molecule has 1 aromatic heterocycles. The van der Waals surface area contributed by atoms with Crippen molar-refractivity contribution in [3.05, 3.63) is 41.7 Å². The summed E-state index contributed by atoms with van der Waals surface area (Å²) in [7, 11) is -4.18. The second-order valence-corrected chi connectivity index (χ2v) is 5.82. The first-order chi connectivity index (χ1) is 10.1. The highest BCUT2D eigenvalue weighted by molar-refractivity contribution is 7.92. The predicted molar refractivity (Wildman–Crippen MR) is 67.8 cm³/mol. The van der Waals surface area contributed by atoms with Gasteiger partial charge in [-0.2, -0.15) is 18.3 Å². The minimum Gasteiger partial charge on any atom is -0.478 e. The number of benzene rings is 1. The van der Waals surface area contributed by atoms with Crippen molar-refractivity contribution in [2.75, 3.05) is 4.72 Å². The summed E-state index contributed by atoms with van der Waals surface area (Å²) in [5.41, 5.74) is -2.49. The molecule has 0 unspecified atom stereocenters. The third-order valence-electron chi connectivity index (χ3n) is 2.54. The van der Waals surface area contributed by atoms with E-state index in [1.165, 1.54) is 0 Å². The minimum atomic E-state index is -4.82. The smallest absolute Gasteiger partial charge is 0.416 e. The Hall–Kier alpha value is -2.56. The molecule has 2 aromatic rings. The Morgan fingerprint density at radius 3 is 2.45 bits per heavy atom. The number of aromatic nitrogens is 2. The maximum absolute atomic E-state index is 12.7. The standard InChI is InChI=1S/C11H8F3N3O4S/c12-11(13,14)7-1-6(10(18)19)2-8(3-7)17-22(20,21)9-4-15-16-5-9/h1-5,17H,(H,15,16)(H,18,19). The van der Waals surface area contributed by atoms with E-state index in [1.54, 1.807) is 0 Å². The van der Waals surface area contributed by atoms with Crippen LogP contribution in [0.1, 0.15) is 15.9 Å². The van der Waals surface area contributed by atoms with Crippen LogP contribution in [0.3, 0.4) is 0 Å². The van der Waals surface area contributed by atoms with Crippen molar-refractivity contribution in [1.29, 1.82) is 0 Å². The lowest BCUT2D eigenvalue weighted by molar-refractivity contribution is -0.137. The molecule has 7 nitrogen and oxygen atoms in total. The number of hydrogen-bond acceptors (Lipinski definition) is 4. The number of aromatic amines is 1. The third-order valence-corrected chi connectivity index (χ3v) is 3.89. The fourth-order valence-corrected chi connectivity index (χ4v) is 2.52. The van der Waals surface area contributed by atoms with Gasteiger partial charge in [-0.25, -0.2) is 13.2 Å². The summed E-state index contributed by atoms with van der Waals surface area (Å²) in [5, 5.41) is 14.5. The molecule has 0 aliphatic rings. The second-order valence-electron chi connectivity index (χ2n) is 4.14. The minimum absolute atomic E-state index is 0.304. The van der Waals surface area contributed by atoms with Crippen LogP contribution >= 0.6 is 0 Å². The van der Waals surface area contributed by atoms with E-state index < -0.39 is 39.0 Å². The van der Waals surface area contributed by atoms with Crippen molar-refractivity contribution in [2.24, 2.45) is 0 Å². The molecule has 1 heterocycles. The number of halogens is 3. The Kier molecular flexibility index (Phi) is 3.83. The van der Waals surface area contributed by atoms with Gasteiger partial charge in [0.2, 0.25) is 0 Å². The van der Waals surface area contributed by atoms with Gasteiger partial charge in [0.1, 0.15) is 4.90 Å². The van der Waals surface area contributed by atoms with Crippen LogP contribution in [0.4, 0.5) is 18.9 Å². The summed E-state index contributed by atoms with van der Waals surface area (Å²) in [6, 6.07) is 1.71. The van der Waals surface area contributed by atoms with Crippen molar-refractivity contribution < 1.29 is 31.5 Å². The van der Waals surface area contributed by atoms with Crippen molar-refractivity contribution in [3.8, 4) is 0 Å². The zero-order valence-corrected chi connectivity index (χ0v) is 11.4. The van der Waals surface area contributed by atoms with E-state index in [0.29, 0.717) is 12.1 Å². The summed E-state index contributed by atoms with van der Waals surface area (Å²) in [5.74, 6) is -1.62. The Morgan fingerprint density at radius 1 is 1.27 bits per heavy atom. The molecule has 0 saturated carbocycles. The van der Waals surface area contributed by atoms with Crippen LogP contribution in [0.5, 0.6) is 0 Å². The first kappa shape index (κ1) is 15.8. The molecule has 22 heavy (non-hydrogen) atoms. The van der Waals surface area contributed by atoms with E-state index in [2.05, 4.69) is 10.2 Å². The van der Waals surface area contributed by atoms with Crippen molar-refractivity contribution in [1.82, 2.24) is 10.2 Å². The molecule has 0 saturated heterocycles. The Bertz CT molecular complexity index is 800. The number of H-pyrrole nitrogens is 1. The van der Waals surface area contributed by atoms with Crippen LogP contribution in [0.2, 0.25) is 0 Å². The van der Waals surface area contributed by atoms with Gasteiger partial charge in [-0.05, 0) is 18.2 Å². The van der Waals surface area contributed by atoms with Crippen LogP contribution < -0.4 is 4.72 Å². The highest BCUT2D eigenvalue weighted by Gasteiger charge is 2.32. The second kappa shape index (κ2) is 5.33. The summed E-state index contributed by atoms with van der Waals surface area (Å²) in [4.78, 5) is 10.6. The number of hydrogen-bond donors (Lipinski definition) is 3. The first-order valence-corrected chi connectivity index (χ1v) is 7.05. The van der Waals surface area contributed by atoms with Crippen LogP contribution in [0.15, 0.2) is 35.5 Å². The largest absolute Gasteiger partial charge is 0.478 e. The van der Waals surface area contributed by atoms with Crippen LogP contribution in [0, 0.1) is 0 Å². The number of rotatable bonds is 4. The molecule has 0 amide bonds. The lowest BCUT2D eigenvalue weighted by atomic mass is 10.1. The molecule has 1 aromatic carbocycles. The number of nitrogens with one attached hydrogen (secondary N) is 2. The number of nitrogens with zero attached hydrogens (tertiary/aromatic N) is 1. The monoisotopic (exact) mass is 335 g/mol. The summed E-state index contributed by atoms with van der Waals surface area (Å²) in [6.07, 6.45) is -2.84. The van der Waals surface area contributed by atoms with Crippen molar-refractivity contribution in [3.63, 3.8) is 0 Å². The Morgan fingerprint density at radius 2 is 1.95 bits per heavy atom. The molecule has 2 rings (SSSR count). The van der Waals surface area contributed by atoms with Gasteiger partial charge in [0.15, 0.2) is 0 Å². The van der Waals surface area contributed by atoms with E-state index in [-0.39, 0.29) is 4.90 Å². The normalized spacial score (nSPS) is 12.1. The summed E-state index contributed by atoms with van der Waals surface area (Å²) >= 11 is 0. The van der Waals surface area contributed by atoms with E-state index in [9.17, 15) is 26.4 Å². The molecule has 3 N–H and O–H groups in total. The third kappa shape index (κ3) is 3.36. The topological polar surface area (TPSA) is 112 Å². The van der Waals surface area contributed by atoms with Gasteiger partial charge in [0.05, 0.1) is 23.0 Å². The number of alkyl halides is 3. The molecule has 118 valence electrons. The molecule has 0 spiro atoms. The highest BCUT2D eigenvalue weighted by Crippen LogP contribution is 2.32. The van der Waals surface area contributed by atoms with E-state index >= 15 is 0 Å². The fraction of sp³-hybridized carbons (Fsp3) is 0.0909. The zero-order valence-electron chi connectivity index (χ0n) is 10.5. The van der Waals surface area contributed by atoms with Gasteiger partial charge in [-0.15, -0.1) is 0 Å². The quantitative estimate of drug-likeness (QED) is 0.790. The zero-order chi connectivity index (χ0) is 16.5. The molecule has 0 bridgehead atoms. The molecule has 0 aliphatic carbocycles. The SMILES string of the molecule is O=C(O)c1cc(NS(=O)(=O)c2cn[nH]c2)cc(C(F)(F)F)c1. The van der Waals surface area contributed by atoms with Gasteiger partial charge >= 0.3 is 12.1 Å². The van der Waals surface area contributed by atoms with E-state index in [1.807, 2.05) is 4.72 Å².